The standard InChI is InChI=1S/C12H10BrN3O2/c1-7-2-3-8(6-9(7)13)12(18)14-10-4-5-11(17)16-15-10/h2-6H,1H3,(H,16,17)(H,14,15,18). The number of nitrogens with one attached hydrogen (secondary N) is 2. The molecule has 0 spiro atoms. The van der Waals surface area contributed by atoms with Crippen LogP contribution in [0.25, 0.3) is 0 Å². The van der Waals surface area contributed by atoms with Crippen molar-refractivity contribution in [1.29, 1.82) is 0 Å². The fourth-order valence-electron chi connectivity index (χ4n) is 1.34. The Morgan fingerprint density at radius 1 is 1.33 bits per heavy atom. The van der Waals surface area contributed by atoms with Gasteiger partial charge in [-0.2, -0.15) is 5.10 Å². The Morgan fingerprint density at radius 2 is 2.11 bits per heavy atom. The van der Waals surface area contributed by atoms with Crippen LogP contribution < -0.4 is 10.9 Å². The van der Waals surface area contributed by atoms with Gasteiger partial charge in [0.1, 0.15) is 0 Å². The lowest BCUT2D eigenvalue weighted by Crippen LogP contribution is -2.15. The first kappa shape index (κ1) is 12.5. The van der Waals surface area contributed by atoms with E-state index in [2.05, 4.69) is 31.4 Å². The number of aryl methyl sites for hydroxylation is 1. The summed E-state index contributed by atoms with van der Waals surface area (Å²) >= 11 is 3.37. The van der Waals surface area contributed by atoms with E-state index in [1.165, 1.54) is 12.1 Å². The number of rotatable bonds is 2. The predicted octanol–water partition coefficient (Wildman–Crippen LogP) is 2.09. The number of benzene rings is 1. The van der Waals surface area contributed by atoms with Crippen LogP contribution >= 0.6 is 15.9 Å². The third-order valence-corrected chi connectivity index (χ3v) is 3.21. The molecule has 0 aliphatic rings. The largest absolute Gasteiger partial charge is 0.305 e. The lowest BCUT2D eigenvalue weighted by atomic mass is 10.1. The molecule has 0 unspecified atom stereocenters. The zero-order chi connectivity index (χ0) is 13.1. The lowest BCUT2D eigenvalue weighted by Gasteiger charge is -2.05. The van der Waals surface area contributed by atoms with Crippen molar-refractivity contribution < 1.29 is 4.79 Å². The van der Waals surface area contributed by atoms with Gasteiger partial charge in [-0.05, 0) is 30.7 Å². The molecule has 0 saturated carbocycles. The first-order valence-electron chi connectivity index (χ1n) is 5.19. The van der Waals surface area contributed by atoms with Crippen LogP contribution in [0.15, 0.2) is 39.6 Å². The van der Waals surface area contributed by atoms with Crippen LogP contribution in [0.2, 0.25) is 0 Å². The molecular weight excluding hydrogens is 298 g/mol. The summed E-state index contributed by atoms with van der Waals surface area (Å²) in [6.45, 7) is 1.94. The maximum Gasteiger partial charge on any atom is 0.264 e. The van der Waals surface area contributed by atoms with Crippen LogP contribution in [0.3, 0.4) is 0 Å². The Balaban J connectivity index is 2.19. The molecule has 0 bridgehead atoms. The van der Waals surface area contributed by atoms with Crippen molar-refractivity contribution in [2.45, 2.75) is 6.92 Å². The van der Waals surface area contributed by atoms with E-state index in [0.717, 1.165) is 10.0 Å². The van der Waals surface area contributed by atoms with Crippen molar-refractivity contribution >= 4 is 27.7 Å². The van der Waals surface area contributed by atoms with Crippen molar-refractivity contribution in [2.24, 2.45) is 0 Å². The minimum atomic E-state index is -0.314. The maximum absolute atomic E-state index is 11.9. The SMILES string of the molecule is Cc1ccc(C(=O)Nc2ccc(=O)[nH]n2)cc1Br. The van der Waals surface area contributed by atoms with Gasteiger partial charge in [-0.3, -0.25) is 9.59 Å². The molecule has 1 amide bonds. The molecule has 1 heterocycles. The minimum Gasteiger partial charge on any atom is -0.305 e. The highest BCUT2D eigenvalue weighted by Gasteiger charge is 2.08. The van der Waals surface area contributed by atoms with Crippen LogP contribution in [-0.2, 0) is 0 Å². The van der Waals surface area contributed by atoms with Crippen LogP contribution in [0.5, 0.6) is 0 Å². The molecule has 18 heavy (non-hydrogen) atoms. The Bertz CT molecular complexity index is 632. The molecule has 2 N–H and O–H groups in total. The fraction of sp³-hybridized carbons (Fsp3) is 0.0833. The van der Waals surface area contributed by atoms with Crippen molar-refractivity contribution in [3.63, 3.8) is 0 Å². The van der Waals surface area contributed by atoms with Gasteiger partial charge < -0.3 is 5.32 Å². The topological polar surface area (TPSA) is 74.8 Å². The quantitative estimate of drug-likeness (QED) is 0.892. The van der Waals surface area contributed by atoms with E-state index in [1.807, 2.05) is 13.0 Å². The lowest BCUT2D eigenvalue weighted by molar-refractivity contribution is 0.102. The van der Waals surface area contributed by atoms with E-state index in [4.69, 9.17) is 0 Å². The number of hydrogen-bond donors (Lipinski definition) is 2. The molecule has 6 heteroatoms. The molecular formula is C12H10BrN3O2. The number of H-pyrrole nitrogens is 1. The molecule has 1 aromatic heterocycles. The van der Waals surface area contributed by atoms with Gasteiger partial charge in [0.25, 0.3) is 11.5 Å². The maximum atomic E-state index is 11.9. The highest BCUT2D eigenvalue weighted by Crippen LogP contribution is 2.18. The summed E-state index contributed by atoms with van der Waals surface area (Å²) in [7, 11) is 0. The highest BCUT2D eigenvalue weighted by molar-refractivity contribution is 9.10. The molecule has 92 valence electrons. The van der Waals surface area contributed by atoms with Gasteiger partial charge in [0.05, 0.1) is 0 Å². The average Bonchev–Trinajstić information content (AvgIpc) is 2.35. The first-order valence-corrected chi connectivity index (χ1v) is 5.99. The van der Waals surface area contributed by atoms with Crippen molar-refractivity contribution in [2.75, 3.05) is 5.32 Å². The Hall–Kier alpha value is -1.95. The number of carbonyl (C=O) groups excluding carboxylic acids is 1. The number of carbonyl (C=O) groups is 1. The van der Waals surface area contributed by atoms with Crippen LogP contribution in [-0.4, -0.2) is 16.1 Å². The van der Waals surface area contributed by atoms with Gasteiger partial charge in [0.2, 0.25) is 0 Å². The van der Waals surface area contributed by atoms with Crippen LogP contribution in [0, 0.1) is 6.92 Å². The molecule has 0 aliphatic carbocycles. The Morgan fingerprint density at radius 3 is 2.72 bits per heavy atom. The third kappa shape index (κ3) is 2.84. The highest BCUT2D eigenvalue weighted by atomic mass is 79.9. The Kier molecular flexibility index (Phi) is 3.57. The Labute approximate surface area is 111 Å². The van der Waals surface area contributed by atoms with Gasteiger partial charge in [-0.25, -0.2) is 5.10 Å². The predicted molar refractivity (Wildman–Crippen MR) is 71.7 cm³/mol. The van der Waals surface area contributed by atoms with Crippen LogP contribution in [0.4, 0.5) is 5.82 Å². The smallest absolute Gasteiger partial charge is 0.264 e. The van der Waals surface area contributed by atoms with Crippen molar-refractivity contribution in [1.82, 2.24) is 10.2 Å². The zero-order valence-electron chi connectivity index (χ0n) is 9.53. The molecule has 0 saturated heterocycles. The number of nitrogens with zero attached hydrogens (tertiary/aromatic N) is 1. The number of aromatic nitrogens is 2. The van der Waals surface area contributed by atoms with Gasteiger partial charge >= 0.3 is 0 Å². The number of hydrogen-bond acceptors (Lipinski definition) is 3. The number of anilines is 1. The number of aromatic amines is 1. The number of amides is 1. The molecule has 1 aromatic carbocycles. The van der Waals surface area contributed by atoms with Gasteiger partial charge in [0, 0.05) is 16.1 Å². The first-order chi connectivity index (χ1) is 8.56. The normalized spacial score (nSPS) is 10.1. The second-order valence-electron chi connectivity index (χ2n) is 3.72. The van der Waals surface area contributed by atoms with E-state index in [9.17, 15) is 9.59 Å². The van der Waals surface area contributed by atoms with Gasteiger partial charge in [0.15, 0.2) is 5.82 Å². The van der Waals surface area contributed by atoms with Crippen molar-refractivity contribution in [3.8, 4) is 0 Å². The molecule has 0 fully saturated rings. The molecule has 5 nitrogen and oxygen atoms in total. The second-order valence-corrected chi connectivity index (χ2v) is 4.58. The average molecular weight is 308 g/mol. The van der Waals surface area contributed by atoms with Crippen LogP contribution in [0.1, 0.15) is 15.9 Å². The monoisotopic (exact) mass is 307 g/mol. The molecule has 0 aliphatic heterocycles. The van der Waals surface area contributed by atoms with E-state index in [-0.39, 0.29) is 11.5 Å². The summed E-state index contributed by atoms with van der Waals surface area (Å²) in [4.78, 5) is 22.7. The summed E-state index contributed by atoms with van der Waals surface area (Å²) in [5, 5.41) is 8.54. The molecule has 0 radical (unpaired) electrons. The zero-order valence-corrected chi connectivity index (χ0v) is 11.1. The molecule has 2 rings (SSSR count). The summed E-state index contributed by atoms with van der Waals surface area (Å²) in [6.07, 6.45) is 0. The summed E-state index contributed by atoms with van der Waals surface area (Å²) in [6, 6.07) is 8.05. The van der Waals surface area contributed by atoms with E-state index in [0.29, 0.717) is 11.4 Å². The van der Waals surface area contributed by atoms with E-state index < -0.39 is 0 Å². The van der Waals surface area contributed by atoms with Crippen molar-refractivity contribution in [3.05, 3.63) is 56.3 Å². The fourth-order valence-corrected chi connectivity index (χ4v) is 1.72. The number of halogens is 1. The van der Waals surface area contributed by atoms with E-state index >= 15 is 0 Å². The summed E-state index contributed by atoms with van der Waals surface area (Å²) in [5.74, 6) is 0.0200. The summed E-state index contributed by atoms with van der Waals surface area (Å²) < 4.78 is 0.865. The summed E-state index contributed by atoms with van der Waals surface area (Å²) in [5.41, 5.74) is 1.25. The molecule has 0 atom stereocenters. The third-order valence-electron chi connectivity index (χ3n) is 2.35. The molecule has 2 aromatic rings. The minimum absolute atomic E-state index is 0.282. The second kappa shape index (κ2) is 5.14. The van der Waals surface area contributed by atoms with Gasteiger partial charge in [-0.1, -0.05) is 22.0 Å². The van der Waals surface area contributed by atoms with E-state index in [1.54, 1.807) is 12.1 Å². The van der Waals surface area contributed by atoms with Gasteiger partial charge in [-0.15, -0.1) is 0 Å².